The van der Waals surface area contributed by atoms with E-state index in [1.54, 1.807) is 6.07 Å². The summed E-state index contributed by atoms with van der Waals surface area (Å²) in [7, 11) is 0. The van der Waals surface area contributed by atoms with Crippen LogP contribution < -0.4 is 15.4 Å². The lowest BCUT2D eigenvalue weighted by Crippen LogP contribution is -2.39. The average molecular weight is 324 g/mol. The molecule has 2 aromatic rings. The van der Waals surface area contributed by atoms with Gasteiger partial charge < -0.3 is 15.4 Å². The molecule has 0 saturated heterocycles. The Hall–Kier alpha value is -2.82. The van der Waals surface area contributed by atoms with Gasteiger partial charge in [0.15, 0.2) is 6.10 Å². The molecule has 5 nitrogen and oxygen atoms in total. The van der Waals surface area contributed by atoms with Crippen molar-refractivity contribution in [3.8, 4) is 5.75 Å². The van der Waals surface area contributed by atoms with Crippen LogP contribution in [0.2, 0.25) is 0 Å². The van der Waals surface area contributed by atoms with Crippen LogP contribution in [0.5, 0.6) is 5.75 Å². The lowest BCUT2D eigenvalue weighted by atomic mass is 10.1. The molecule has 0 aliphatic carbocycles. The highest BCUT2D eigenvalue weighted by atomic mass is 16.5. The number of carbonyl (C=O) groups excluding carboxylic acids is 2. The van der Waals surface area contributed by atoms with E-state index < -0.39 is 6.10 Å². The van der Waals surface area contributed by atoms with E-state index in [1.807, 2.05) is 51.1 Å². The van der Waals surface area contributed by atoms with E-state index in [9.17, 15) is 9.59 Å². The number of nitrogens with one attached hydrogen (secondary N) is 2. The number of benzene rings is 2. The first-order chi connectivity index (χ1) is 11.4. The number of hydrogen-bond acceptors (Lipinski definition) is 3. The van der Waals surface area contributed by atoms with Gasteiger partial charge in [0.25, 0.3) is 5.91 Å². The highest BCUT2D eigenvalue weighted by Gasteiger charge is 2.29. The monoisotopic (exact) mass is 324 g/mol. The normalized spacial score (nSPS) is 16.0. The molecule has 0 unspecified atom stereocenters. The predicted octanol–water partition coefficient (Wildman–Crippen LogP) is 3.34. The number of carbonyl (C=O) groups is 2. The molecule has 0 fully saturated rings. The summed E-state index contributed by atoms with van der Waals surface area (Å²) in [5.74, 6) is 0.0291. The summed E-state index contributed by atoms with van der Waals surface area (Å²) in [5.41, 5.74) is 4.66. The number of hydrogen-bond donors (Lipinski definition) is 2. The van der Waals surface area contributed by atoms with E-state index in [0.717, 1.165) is 22.4 Å². The first kappa shape index (κ1) is 16.1. The van der Waals surface area contributed by atoms with Crippen LogP contribution in [-0.4, -0.2) is 17.9 Å². The van der Waals surface area contributed by atoms with Crippen molar-refractivity contribution < 1.29 is 14.3 Å². The molecular formula is C19H20N2O3. The third kappa shape index (κ3) is 3.40. The van der Waals surface area contributed by atoms with Crippen LogP contribution in [0.25, 0.3) is 0 Å². The number of rotatable bonds is 3. The van der Waals surface area contributed by atoms with Gasteiger partial charge in [0.1, 0.15) is 5.75 Å². The van der Waals surface area contributed by atoms with Crippen LogP contribution in [-0.2, 0) is 9.59 Å². The SMILES string of the molecule is Cc1ccc2c(c1)NC(=O)[C@@H](CC(=O)Nc1ccc(C)c(C)c1)O2. The number of amides is 2. The van der Waals surface area contributed by atoms with Crippen molar-refractivity contribution in [2.75, 3.05) is 10.6 Å². The van der Waals surface area contributed by atoms with Crippen LogP contribution in [0.4, 0.5) is 11.4 Å². The molecule has 3 rings (SSSR count). The predicted molar refractivity (Wildman–Crippen MR) is 93.4 cm³/mol. The van der Waals surface area contributed by atoms with Gasteiger partial charge in [-0.25, -0.2) is 0 Å². The van der Waals surface area contributed by atoms with Crippen LogP contribution in [0.1, 0.15) is 23.1 Å². The summed E-state index contributed by atoms with van der Waals surface area (Å²) in [6.45, 7) is 5.94. The Morgan fingerprint density at radius 3 is 2.67 bits per heavy atom. The van der Waals surface area contributed by atoms with Crippen molar-refractivity contribution in [3.63, 3.8) is 0 Å². The summed E-state index contributed by atoms with van der Waals surface area (Å²) >= 11 is 0. The molecule has 2 aromatic carbocycles. The van der Waals surface area contributed by atoms with E-state index in [2.05, 4.69) is 10.6 Å². The number of anilines is 2. The van der Waals surface area contributed by atoms with Gasteiger partial charge in [-0.05, 0) is 61.7 Å². The van der Waals surface area contributed by atoms with Crippen LogP contribution >= 0.6 is 0 Å². The second-order valence-electron chi connectivity index (χ2n) is 6.15. The second-order valence-corrected chi connectivity index (χ2v) is 6.15. The molecule has 1 aliphatic heterocycles. The number of ether oxygens (including phenoxy) is 1. The van der Waals surface area contributed by atoms with Crippen molar-refractivity contribution in [1.29, 1.82) is 0 Å². The zero-order valence-electron chi connectivity index (χ0n) is 14.0. The number of fused-ring (bicyclic) bond motifs is 1. The first-order valence-electron chi connectivity index (χ1n) is 7.87. The van der Waals surface area contributed by atoms with Gasteiger partial charge in [0.05, 0.1) is 12.1 Å². The Bertz CT molecular complexity index is 814. The average Bonchev–Trinajstić information content (AvgIpc) is 2.52. The fraction of sp³-hybridized carbons (Fsp3) is 0.263. The largest absolute Gasteiger partial charge is 0.478 e. The molecule has 0 saturated carbocycles. The highest BCUT2D eigenvalue weighted by Crippen LogP contribution is 2.31. The topological polar surface area (TPSA) is 67.4 Å². The van der Waals surface area contributed by atoms with Crippen LogP contribution in [0, 0.1) is 20.8 Å². The molecule has 24 heavy (non-hydrogen) atoms. The Morgan fingerprint density at radius 1 is 1.12 bits per heavy atom. The summed E-state index contributed by atoms with van der Waals surface area (Å²) < 4.78 is 5.68. The summed E-state index contributed by atoms with van der Waals surface area (Å²) in [6.07, 6.45) is -0.863. The molecule has 0 spiro atoms. The zero-order chi connectivity index (χ0) is 17.3. The maximum atomic E-state index is 12.2. The third-order valence-electron chi connectivity index (χ3n) is 4.12. The van der Waals surface area contributed by atoms with Crippen molar-refractivity contribution in [2.24, 2.45) is 0 Å². The molecule has 0 bridgehead atoms. The summed E-state index contributed by atoms with van der Waals surface area (Å²) in [6, 6.07) is 11.3. The summed E-state index contributed by atoms with van der Waals surface area (Å²) in [4.78, 5) is 24.4. The van der Waals surface area contributed by atoms with Gasteiger partial charge in [0, 0.05) is 5.69 Å². The molecule has 1 aliphatic rings. The second kappa shape index (κ2) is 6.35. The van der Waals surface area contributed by atoms with E-state index in [1.165, 1.54) is 0 Å². The van der Waals surface area contributed by atoms with Gasteiger partial charge >= 0.3 is 0 Å². The van der Waals surface area contributed by atoms with E-state index in [0.29, 0.717) is 11.4 Å². The molecule has 0 aromatic heterocycles. The lowest BCUT2D eigenvalue weighted by molar-refractivity contribution is -0.128. The van der Waals surface area contributed by atoms with E-state index in [4.69, 9.17) is 4.74 Å². The van der Waals surface area contributed by atoms with Gasteiger partial charge in [0.2, 0.25) is 5.91 Å². The van der Waals surface area contributed by atoms with Gasteiger partial charge in [-0.3, -0.25) is 9.59 Å². The molecule has 5 heteroatoms. The van der Waals surface area contributed by atoms with Crippen LogP contribution in [0.15, 0.2) is 36.4 Å². The molecule has 1 atom stereocenters. The fourth-order valence-corrected chi connectivity index (χ4v) is 2.60. The van der Waals surface area contributed by atoms with E-state index >= 15 is 0 Å². The van der Waals surface area contributed by atoms with Gasteiger partial charge in [-0.2, -0.15) is 0 Å². The first-order valence-corrected chi connectivity index (χ1v) is 7.87. The Balaban J connectivity index is 1.67. The highest BCUT2D eigenvalue weighted by molar-refractivity contribution is 6.02. The van der Waals surface area contributed by atoms with Gasteiger partial charge in [-0.15, -0.1) is 0 Å². The molecule has 2 amide bonds. The van der Waals surface area contributed by atoms with Crippen molar-refractivity contribution in [3.05, 3.63) is 53.1 Å². The maximum absolute atomic E-state index is 12.2. The minimum Gasteiger partial charge on any atom is -0.478 e. The quantitative estimate of drug-likeness (QED) is 0.910. The molecular weight excluding hydrogens is 304 g/mol. The minimum atomic E-state index is -0.827. The Morgan fingerprint density at radius 2 is 1.92 bits per heavy atom. The molecule has 0 radical (unpaired) electrons. The van der Waals surface area contributed by atoms with E-state index in [-0.39, 0.29) is 18.2 Å². The molecule has 1 heterocycles. The number of aryl methyl sites for hydroxylation is 3. The Kier molecular flexibility index (Phi) is 4.25. The molecule has 2 N–H and O–H groups in total. The van der Waals surface area contributed by atoms with Gasteiger partial charge in [-0.1, -0.05) is 12.1 Å². The standard InChI is InChI=1S/C19H20N2O3/c1-11-4-7-16-15(8-11)21-19(23)17(24-16)10-18(22)20-14-6-5-12(2)13(3)9-14/h4-9,17H,10H2,1-3H3,(H,20,22)(H,21,23)/t17-/m1/s1. The summed E-state index contributed by atoms with van der Waals surface area (Å²) in [5, 5.41) is 5.60. The van der Waals surface area contributed by atoms with Crippen molar-refractivity contribution >= 4 is 23.2 Å². The van der Waals surface area contributed by atoms with Crippen molar-refractivity contribution in [1.82, 2.24) is 0 Å². The molecule has 124 valence electrons. The fourth-order valence-electron chi connectivity index (χ4n) is 2.60. The smallest absolute Gasteiger partial charge is 0.266 e. The minimum absolute atomic E-state index is 0.0356. The van der Waals surface area contributed by atoms with Crippen LogP contribution in [0.3, 0.4) is 0 Å². The third-order valence-corrected chi connectivity index (χ3v) is 4.12. The Labute approximate surface area is 141 Å². The lowest BCUT2D eigenvalue weighted by Gasteiger charge is -2.25. The van der Waals surface area contributed by atoms with Crippen molar-refractivity contribution in [2.45, 2.75) is 33.3 Å². The maximum Gasteiger partial charge on any atom is 0.266 e. The zero-order valence-corrected chi connectivity index (χ0v) is 14.0.